The van der Waals surface area contributed by atoms with E-state index in [0.29, 0.717) is 6.54 Å². The Kier molecular flexibility index (Phi) is 5.43. The van der Waals surface area contributed by atoms with E-state index < -0.39 is 0 Å². The van der Waals surface area contributed by atoms with Crippen molar-refractivity contribution in [1.82, 2.24) is 5.32 Å². The van der Waals surface area contributed by atoms with Crippen LogP contribution in [0.25, 0.3) is 0 Å². The number of halogens is 1. The molecule has 96 valence electrons. The molecule has 1 aromatic heterocycles. The number of nitrogens with two attached hydrogens (primary N) is 1. The summed E-state index contributed by atoms with van der Waals surface area (Å²) >= 11 is 1.79. The summed E-state index contributed by atoms with van der Waals surface area (Å²) in [4.78, 5) is 13.2. The zero-order chi connectivity index (χ0) is 11.5. The minimum Gasteiger partial charge on any atom is -0.349 e. The molecule has 17 heavy (non-hydrogen) atoms. The molecule has 3 nitrogen and oxygen atoms in total. The number of hydrogen-bond donors (Lipinski definition) is 2. The molecular weight excluding hydrogens is 256 g/mol. The highest BCUT2D eigenvalue weighted by atomic mass is 35.5. The predicted octanol–water partition coefficient (Wildman–Crippen LogP) is 2.26. The summed E-state index contributed by atoms with van der Waals surface area (Å²) in [7, 11) is 0. The first-order valence-electron chi connectivity index (χ1n) is 5.79. The van der Waals surface area contributed by atoms with Gasteiger partial charge in [0.05, 0.1) is 6.04 Å². The van der Waals surface area contributed by atoms with Gasteiger partial charge in [0, 0.05) is 17.3 Å². The molecule has 1 aromatic rings. The maximum Gasteiger partial charge on any atom is 0.224 e. The van der Waals surface area contributed by atoms with Crippen molar-refractivity contribution in [2.45, 2.75) is 32.2 Å². The van der Waals surface area contributed by atoms with E-state index >= 15 is 0 Å². The molecule has 2 atom stereocenters. The third kappa shape index (κ3) is 3.21. The van der Waals surface area contributed by atoms with Crippen LogP contribution in [0.15, 0.2) is 11.4 Å². The number of carbonyl (C=O) groups excluding carboxylic acids is 1. The third-order valence-electron chi connectivity index (χ3n) is 3.17. The Morgan fingerprint density at radius 1 is 1.71 bits per heavy atom. The monoisotopic (exact) mass is 274 g/mol. The van der Waals surface area contributed by atoms with Crippen molar-refractivity contribution in [3.8, 4) is 0 Å². The molecule has 1 heterocycles. The minimum absolute atomic E-state index is 0. The topological polar surface area (TPSA) is 55.1 Å². The molecule has 1 aliphatic rings. The van der Waals surface area contributed by atoms with Crippen LogP contribution in [0.5, 0.6) is 0 Å². The molecule has 0 saturated carbocycles. The van der Waals surface area contributed by atoms with Gasteiger partial charge in [0.15, 0.2) is 0 Å². The lowest BCUT2D eigenvalue weighted by atomic mass is 9.93. The van der Waals surface area contributed by atoms with E-state index in [0.717, 1.165) is 19.3 Å². The zero-order valence-corrected chi connectivity index (χ0v) is 11.6. The maximum absolute atomic E-state index is 11.8. The fraction of sp³-hybridized carbons (Fsp3) is 0.583. The highest BCUT2D eigenvalue weighted by Gasteiger charge is 2.23. The van der Waals surface area contributed by atoms with E-state index in [9.17, 15) is 4.79 Å². The van der Waals surface area contributed by atoms with Gasteiger partial charge < -0.3 is 11.1 Å². The van der Waals surface area contributed by atoms with Gasteiger partial charge >= 0.3 is 0 Å². The summed E-state index contributed by atoms with van der Waals surface area (Å²) in [6.45, 7) is 2.28. The van der Waals surface area contributed by atoms with Gasteiger partial charge in [-0.1, -0.05) is 6.92 Å². The first-order valence-corrected chi connectivity index (χ1v) is 6.67. The normalized spacial score (nSPS) is 20.0. The second-order valence-corrected chi connectivity index (χ2v) is 5.39. The molecule has 0 spiro atoms. The smallest absolute Gasteiger partial charge is 0.224 e. The maximum atomic E-state index is 11.8. The van der Waals surface area contributed by atoms with Gasteiger partial charge in [0.25, 0.3) is 0 Å². The fourth-order valence-corrected chi connectivity index (χ4v) is 3.04. The Balaban J connectivity index is 0.00000144. The number of carbonyl (C=O) groups is 1. The average molecular weight is 275 g/mol. The number of rotatable bonds is 3. The van der Waals surface area contributed by atoms with Gasteiger partial charge in [-0.3, -0.25) is 4.79 Å². The zero-order valence-electron chi connectivity index (χ0n) is 9.94. The van der Waals surface area contributed by atoms with Gasteiger partial charge in [0.2, 0.25) is 5.91 Å². The minimum atomic E-state index is -0.0935. The number of nitrogens with one attached hydrogen (secondary N) is 1. The molecule has 5 heteroatoms. The molecular formula is C12H19ClN2OS. The molecule has 1 aliphatic carbocycles. The predicted molar refractivity (Wildman–Crippen MR) is 73.6 cm³/mol. The fourth-order valence-electron chi connectivity index (χ4n) is 2.06. The Hall–Kier alpha value is -0.580. The van der Waals surface area contributed by atoms with Crippen molar-refractivity contribution < 1.29 is 4.79 Å². The van der Waals surface area contributed by atoms with Crippen molar-refractivity contribution in [2.24, 2.45) is 11.7 Å². The van der Waals surface area contributed by atoms with Crippen molar-refractivity contribution in [3.63, 3.8) is 0 Å². The summed E-state index contributed by atoms with van der Waals surface area (Å²) in [5, 5.41) is 5.21. The Bertz CT molecular complexity index is 380. The van der Waals surface area contributed by atoms with Crippen molar-refractivity contribution >= 4 is 29.7 Å². The molecule has 2 rings (SSSR count). The molecule has 3 N–H and O–H groups in total. The molecule has 1 amide bonds. The molecule has 0 fully saturated rings. The van der Waals surface area contributed by atoms with Crippen LogP contribution in [0.1, 0.15) is 36.2 Å². The highest BCUT2D eigenvalue weighted by molar-refractivity contribution is 7.10. The van der Waals surface area contributed by atoms with Crippen LogP contribution in [-0.4, -0.2) is 12.5 Å². The SMILES string of the molecule is CC(CN)C(=O)NC1CCCc2sccc21.Cl. The third-order valence-corrected chi connectivity index (χ3v) is 4.17. The number of thiophene rings is 1. The van der Waals surface area contributed by atoms with Crippen LogP contribution in [0.2, 0.25) is 0 Å². The summed E-state index contributed by atoms with van der Waals surface area (Å²) in [6.07, 6.45) is 3.37. The molecule has 0 saturated heterocycles. The molecule has 2 unspecified atom stereocenters. The first-order chi connectivity index (χ1) is 7.72. The van der Waals surface area contributed by atoms with Gasteiger partial charge in [-0.05, 0) is 36.3 Å². The standard InChI is InChI=1S/C12H18N2OS.ClH/c1-8(7-13)12(15)14-10-3-2-4-11-9(10)5-6-16-11;/h5-6,8,10H,2-4,7,13H2,1H3,(H,14,15);1H. The first kappa shape index (κ1) is 14.5. The van der Waals surface area contributed by atoms with Gasteiger partial charge in [0.1, 0.15) is 0 Å². The lowest BCUT2D eigenvalue weighted by molar-refractivity contribution is -0.125. The largest absolute Gasteiger partial charge is 0.349 e. The van der Waals surface area contributed by atoms with E-state index in [1.807, 2.05) is 6.92 Å². The van der Waals surface area contributed by atoms with Gasteiger partial charge in [-0.25, -0.2) is 0 Å². The lowest BCUT2D eigenvalue weighted by Gasteiger charge is -2.24. The number of hydrogen-bond acceptors (Lipinski definition) is 3. The van der Waals surface area contributed by atoms with Crippen molar-refractivity contribution in [1.29, 1.82) is 0 Å². The van der Waals surface area contributed by atoms with E-state index in [-0.39, 0.29) is 30.3 Å². The second-order valence-electron chi connectivity index (χ2n) is 4.39. The number of fused-ring (bicyclic) bond motifs is 1. The highest BCUT2D eigenvalue weighted by Crippen LogP contribution is 2.33. The molecule has 0 aliphatic heterocycles. The van der Waals surface area contributed by atoms with Crippen molar-refractivity contribution in [2.75, 3.05) is 6.54 Å². The van der Waals surface area contributed by atoms with Crippen LogP contribution in [0.4, 0.5) is 0 Å². The van der Waals surface area contributed by atoms with Crippen LogP contribution in [0, 0.1) is 5.92 Å². The molecule has 0 radical (unpaired) electrons. The summed E-state index contributed by atoms with van der Waals surface area (Å²) < 4.78 is 0. The Morgan fingerprint density at radius 2 is 2.47 bits per heavy atom. The average Bonchev–Trinajstić information content (AvgIpc) is 2.77. The molecule has 0 bridgehead atoms. The van der Waals surface area contributed by atoms with Crippen molar-refractivity contribution in [3.05, 3.63) is 21.9 Å². The summed E-state index contributed by atoms with van der Waals surface area (Å²) in [5.74, 6) is -0.0180. The van der Waals surface area contributed by atoms with Gasteiger partial charge in [-0.2, -0.15) is 0 Å². The van der Waals surface area contributed by atoms with E-state index in [2.05, 4.69) is 16.8 Å². The Morgan fingerprint density at radius 3 is 3.18 bits per heavy atom. The second kappa shape index (κ2) is 6.38. The Labute approximate surface area is 112 Å². The van der Waals surface area contributed by atoms with Crippen LogP contribution in [-0.2, 0) is 11.2 Å². The van der Waals surface area contributed by atoms with Crippen LogP contribution in [0.3, 0.4) is 0 Å². The van der Waals surface area contributed by atoms with Crippen LogP contribution < -0.4 is 11.1 Å². The number of amides is 1. The van der Waals surface area contributed by atoms with E-state index in [1.165, 1.54) is 10.4 Å². The molecule has 0 aromatic carbocycles. The quantitative estimate of drug-likeness (QED) is 0.888. The van der Waals surface area contributed by atoms with Crippen LogP contribution >= 0.6 is 23.7 Å². The summed E-state index contributed by atoms with van der Waals surface area (Å²) in [6, 6.07) is 2.34. The summed E-state index contributed by atoms with van der Waals surface area (Å²) in [5.41, 5.74) is 6.81. The van der Waals surface area contributed by atoms with Gasteiger partial charge in [-0.15, -0.1) is 23.7 Å². The number of aryl methyl sites for hydroxylation is 1. The lowest BCUT2D eigenvalue weighted by Crippen LogP contribution is -2.36. The van der Waals surface area contributed by atoms with E-state index in [4.69, 9.17) is 5.73 Å². The van der Waals surface area contributed by atoms with E-state index in [1.54, 1.807) is 11.3 Å².